The summed E-state index contributed by atoms with van der Waals surface area (Å²) < 4.78 is 10.9. The minimum Gasteiger partial charge on any atom is -0.493 e. The second-order valence-electron chi connectivity index (χ2n) is 8.57. The van der Waals surface area contributed by atoms with Crippen LogP contribution in [0.2, 0.25) is 0 Å². The van der Waals surface area contributed by atoms with E-state index in [4.69, 9.17) is 9.47 Å². The van der Waals surface area contributed by atoms with Crippen LogP contribution < -0.4 is 14.8 Å². The highest BCUT2D eigenvalue weighted by molar-refractivity contribution is 6.09. The average molecular weight is 458 g/mol. The van der Waals surface area contributed by atoms with E-state index in [1.54, 1.807) is 14.2 Å². The summed E-state index contributed by atoms with van der Waals surface area (Å²) in [5, 5.41) is 3.02. The van der Waals surface area contributed by atoms with Crippen molar-refractivity contribution in [2.24, 2.45) is 0 Å². The van der Waals surface area contributed by atoms with E-state index in [-0.39, 0.29) is 12.6 Å². The number of amides is 3. The van der Waals surface area contributed by atoms with Crippen LogP contribution in [0.25, 0.3) is 0 Å². The molecule has 0 bridgehead atoms. The van der Waals surface area contributed by atoms with Crippen molar-refractivity contribution < 1.29 is 19.1 Å². The minimum atomic E-state index is -1.25. The van der Waals surface area contributed by atoms with Gasteiger partial charge in [0.1, 0.15) is 0 Å². The van der Waals surface area contributed by atoms with Gasteiger partial charge in [0.05, 0.1) is 20.9 Å². The minimum absolute atomic E-state index is 0.208. The van der Waals surface area contributed by atoms with Crippen LogP contribution in [0, 0.1) is 0 Å². The number of methoxy groups -OCH3 is 2. The van der Waals surface area contributed by atoms with Crippen molar-refractivity contribution in [1.82, 2.24) is 15.1 Å². The number of carbonyl (C=O) groups is 2. The smallest absolute Gasteiger partial charge is 0.326 e. The largest absolute Gasteiger partial charge is 0.493 e. The second kappa shape index (κ2) is 8.83. The van der Waals surface area contributed by atoms with Crippen molar-refractivity contribution >= 4 is 11.9 Å². The van der Waals surface area contributed by atoms with Gasteiger partial charge in [-0.15, -0.1) is 0 Å². The lowest BCUT2D eigenvalue weighted by Gasteiger charge is -2.32. The zero-order valence-electron chi connectivity index (χ0n) is 19.3. The van der Waals surface area contributed by atoms with Gasteiger partial charge in [-0.3, -0.25) is 9.69 Å². The van der Waals surface area contributed by atoms with Crippen LogP contribution in [-0.2, 0) is 23.3 Å². The molecule has 0 atom stereocenters. The topological polar surface area (TPSA) is 71.1 Å². The summed E-state index contributed by atoms with van der Waals surface area (Å²) in [5.74, 6) is 1.11. The monoisotopic (exact) mass is 457 g/mol. The Kier molecular flexibility index (Phi) is 5.71. The van der Waals surface area contributed by atoms with Crippen LogP contribution >= 0.6 is 0 Å². The molecule has 7 heteroatoms. The summed E-state index contributed by atoms with van der Waals surface area (Å²) in [5.41, 5.74) is 2.53. The first-order chi connectivity index (χ1) is 16.6. The number of hydrogen-bond donors (Lipinski definition) is 1. The van der Waals surface area contributed by atoms with Gasteiger partial charge in [0.25, 0.3) is 5.91 Å². The zero-order chi connectivity index (χ0) is 23.7. The summed E-state index contributed by atoms with van der Waals surface area (Å²) in [6.45, 7) is 1.54. The number of carbonyl (C=O) groups excluding carboxylic acids is 2. The Bertz CT molecular complexity index is 1170. The summed E-state index contributed by atoms with van der Waals surface area (Å²) in [7, 11) is 3.24. The molecule has 0 saturated carbocycles. The Balaban J connectivity index is 1.44. The second-order valence-corrected chi connectivity index (χ2v) is 8.57. The molecular weight excluding hydrogens is 430 g/mol. The molecule has 0 aromatic heterocycles. The molecule has 1 saturated heterocycles. The Labute approximate surface area is 198 Å². The first-order valence-electron chi connectivity index (χ1n) is 11.3. The van der Waals surface area contributed by atoms with Gasteiger partial charge in [0, 0.05) is 13.1 Å². The first kappa shape index (κ1) is 22.0. The third-order valence-electron chi connectivity index (χ3n) is 6.66. The molecular formula is C27H27N3O4. The van der Waals surface area contributed by atoms with Crippen LogP contribution in [0.4, 0.5) is 4.79 Å². The number of hydrogen-bond acceptors (Lipinski definition) is 5. The van der Waals surface area contributed by atoms with Crippen molar-refractivity contribution in [2.75, 3.05) is 27.4 Å². The molecule has 2 heterocycles. The fraction of sp³-hybridized carbons (Fsp3) is 0.259. The van der Waals surface area contributed by atoms with Crippen molar-refractivity contribution in [3.8, 4) is 11.5 Å². The molecule has 1 fully saturated rings. The molecule has 2 aliphatic heterocycles. The van der Waals surface area contributed by atoms with Gasteiger partial charge in [-0.2, -0.15) is 0 Å². The number of nitrogens with one attached hydrogen (secondary N) is 1. The zero-order valence-corrected chi connectivity index (χ0v) is 19.3. The van der Waals surface area contributed by atoms with E-state index in [9.17, 15) is 9.59 Å². The van der Waals surface area contributed by atoms with Crippen molar-refractivity contribution in [1.29, 1.82) is 0 Å². The van der Waals surface area contributed by atoms with Crippen molar-refractivity contribution in [2.45, 2.75) is 18.5 Å². The van der Waals surface area contributed by atoms with Crippen molar-refractivity contribution in [3.63, 3.8) is 0 Å². The van der Waals surface area contributed by atoms with Crippen molar-refractivity contribution in [3.05, 3.63) is 95.1 Å². The molecule has 1 N–H and O–H groups in total. The Morgan fingerprint density at radius 2 is 1.41 bits per heavy atom. The number of imide groups is 1. The fourth-order valence-corrected chi connectivity index (χ4v) is 4.90. The van der Waals surface area contributed by atoms with Crippen LogP contribution in [0.1, 0.15) is 22.3 Å². The standard InChI is InChI=1S/C27H27N3O4/c1-33-23-15-19-13-14-29(17-20(19)16-24(23)34-2)18-30-25(31)27(28-26(30)32,21-9-5-3-6-10-21)22-11-7-4-8-12-22/h3-12,15-16H,13-14,17-18H2,1-2H3,(H,28,32). The Morgan fingerprint density at radius 3 is 1.97 bits per heavy atom. The van der Waals surface area contributed by atoms with Gasteiger partial charge in [-0.05, 0) is 40.8 Å². The SMILES string of the molecule is COc1cc2c(cc1OC)CN(CN1C(=O)NC(c3ccccc3)(c3ccccc3)C1=O)CC2. The lowest BCUT2D eigenvalue weighted by atomic mass is 9.83. The van der Waals surface area contributed by atoms with Gasteiger partial charge in [-0.25, -0.2) is 9.69 Å². The molecule has 5 rings (SSSR count). The van der Waals surface area contributed by atoms with E-state index < -0.39 is 11.6 Å². The molecule has 2 aliphatic rings. The molecule has 34 heavy (non-hydrogen) atoms. The first-order valence-corrected chi connectivity index (χ1v) is 11.3. The molecule has 0 radical (unpaired) electrons. The number of fused-ring (bicyclic) bond motifs is 1. The molecule has 3 aromatic carbocycles. The maximum atomic E-state index is 13.9. The quantitative estimate of drug-likeness (QED) is 0.574. The predicted octanol–water partition coefficient (Wildman–Crippen LogP) is 3.52. The van der Waals surface area contributed by atoms with Crippen LogP contribution in [0.15, 0.2) is 72.8 Å². The van der Waals surface area contributed by atoms with E-state index >= 15 is 0 Å². The molecule has 0 aliphatic carbocycles. The summed E-state index contributed by atoms with van der Waals surface area (Å²) >= 11 is 0. The van der Waals surface area contributed by atoms with Gasteiger partial charge < -0.3 is 14.8 Å². The third-order valence-corrected chi connectivity index (χ3v) is 6.66. The summed E-state index contributed by atoms with van der Waals surface area (Å²) in [6.07, 6.45) is 0.794. The Morgan fingerprint density at radius 1 is 0.853 bits per heavy atom. The number of ether oxygens (including phenoxy) is 2. The summed E-state index contributed by atoms with van der Waals surface area (Å²) in [6, 6.07) is 22.4. The van der Waals surface area contributed by atoms with E-state index in [2.05, 4.69) is 10.2 Å². The van der Waals surface area contributed by atoms with Gasteiger partial charge >= 0.3 is 6.03 Å². The maximum Gasteiger partial charge on any atom is 0.326 e. The number of benzene rings is 3. The van der Waals surface area contributed by atoms with E-state index in [0.717, 1.165) is 29.7 Å². The molecule has 174 valence electrons. The van der Waals surface area contributed by atoms with Gasteiger partial charge in [-0.1, -0.05) is 60.7 Å². The van der Waals surface area contributed by atoms with Crippen LogP contribution in [0.3, 0.4) is 0 Å². The number of urea groups is 1. The average Bonchev–Trinajstić information content (AvgIpc) is 3.14. The maximum absolute atomic E-state index is 13.9. The molecule has 0 unspecified atom stereocenters. The molecule has 3 amide bonds. The van der Waals surface area contributed by atoms with Gasteiger partial charge in [0.15, 0.2) is 17.0 Å². The van der Waals surface area contributed by atoms with Crippen LogP contribution in [-0.4, -0.2) is 49.2 Å². The lowest BCUT2D eigenvalue weighted by Crippen LogP contribution is -2.47. The Hall–Kier alpha value is -3.84. The van der Waals surface area contributed by atoms with E-state index in [1.165, 1.54) is 10.5 Å². The summed E-state index contributed by atoms with van der Waals surface area (Å²) in [4.78, 5) is 30.5. The highest BCUT2D eigenvalue weighted by Crippen LogP contribution is 2.37. The molecule has 0 spiro atoms. The highest BCUT2D eigenvalue weighted by atomic mass is 16.5. The normalized spacial score (nSPS) is 17.3. The van der Waals surface area contributed by atoms with E-state index in [0.29, 0.717) is 18.0 Å². The third kappa shape index (κ3) is 3.58. The van der Waals surface area contributed by atoms with Gasteiger partial charge in [0.2, 0.25) is 0 Å². The fourth-order valence-electron chi connectivity index (χ4n) is 4.90. The molecule has 3 aromatic rings. The predicted molar refractivity (Wildman–Crippen MR) is 128 cm³/mol. The number of rotatable bonds is 6. The highest BCUT2D eigenvalue weighted by Gasteiger charge is 2.54. The number of nitrogens with zero attached hydrogens (tertiary/aromatic N) is 2. The lowest BCUT2D eigenvalue weighted by molar-refractivity contribution is -0.131. The van der Waals surface area contributed by atoms with E-state index in [1.807, 2.05) is 72.8 Å². The molecule has 7 nitrogen and oxygen atoms in total. The van der Waals surface area contributed by atoms with Crippen LogP contribution in [0.5, 0.6) is 11.5 Å².